The summed E-state index contributed by atoms with van der Waals surface area (Å²) in [5, 5.41) is 0. The zero-order valence-corrected chi connectivity index (χ0v) is 11.3. The van der Waals surface area contributed by atoms with E-state index in [1.807, 2.05) is 0 Å². The molecule has 2 rings (SSSR count). The topological polar surface area (TPSA) is 52.0 Å². The van der Waals surface area contributed by atoms with E-state index in [0.29, 0.717) is 11.1 Å². The molecule has 1 atom stereocenters. The van der Waals surface area contributed by atoms with Crippen LogP contribution in [0.25, 0.3) is 0 Å². The van der Waals surface area contributed by atoms with E-state index in [1.54, 1.807) is 60.7 Å². The summed E-state index contributed by atoms with van der Waals surface area (Å²) >= 11 is 0. The van der Waals surface area contributed by atoms with E-state index < -0.39 is 17.6 Å². The Labute approximate surface area is 121 Å². The fraction of sp³-hybridized carbons (Fsp3) is 0.250. The van der Waals surface area contributed by atoms with Gasteiger partial charge in [0, 0.05) is 6.54 Å². The van der Waals surface area contributed by atoms with Gasteiger partial charge >= 0.3 is 6.18 Å². The Balaban J connectivity index is 2.69. The van der Waals surface area contributed by atoms with Crippen molar-refractivity contribution in [1.82, 2.24) is 0 Å². The highest BCUT2D eigenvalue weighted by atomic mass is 19.4. The summed E-state index contributed by atoms with van der Waals surface area (Å²) in [4.78, 5) is 0. The van der Waals surface area contributed by atoms with E-state index in [2.05, 4.69) is 0 Å². The van der Waals surface area contributed by atoms with E-state index in [9.17, 15) is 13.2 Å². The third-order valence-electron chi connectivity index (χ3n) is 3.78. The van der Waals surface area contributed by atoms with E-state index in [0.717, 1.165) is 0 Å². The second kappa shape index (κ2) is 5.87. The van der Waals surface area contributed by atoms with Gasteiger partial charge in [-0.15, -0.1) is 0 Å². The number of benzene rings is 2. The third kappa shape index (κ3) is 2.80. The van der Waals surface area contributed by atoms with Crippen LogP contribution in [0, 0.1) is 0 Å². The number of rotatable bonds is 4. The highest BCUT2D eigenvalue weighted by Gasteiger charge is 2.52. The van der Waals surface area contributed by atoms with Gasteiger partial charge in [0.05, 0.1) is 5.41 Å². The molecule has 2 aromatic carbocycles. The highest BCUT2D eigenvalue weighted by Crippen LogP contribution is 2.40. The van der Waals surface area contributed by atoms with Crippen molar-refractivity contribution in [2.75, 3.05) is 6.54 Å². The lowest BCUT2D eigenvalue weighted by molar-refractivity contribution is -0.159. The van der Waals surface area contributed by atoms with Gasteiger partial charge in [-0.1, -0.05) is 60.7 Å². The summed E-state index contributed by atoms with van der Waals surface area (Å²) in [5.74, 6) is 0. The van der Waals surface area contributed by atoms with Crippen molar-refractivity contribution in [3.63, 3.8) is 0 Å². The number of nitrogens with two attached hydrogens (primary N) is 2. The summed E-state index contributed by atoms with van der Waals surface area (Å²) in [6.07, 6.45) is -4.55. The minimum absolute atomic E-state index is 0.234. The molecule has 0 heterocycles. The molecular weight excluding hydrogens is 277 g/mol. The maximum absolute atomic E-state index is 13.3. The number of hydrogen-bond donors (Lipinski definition) is 2. The second-order valence-electron chi connectivity index (χ2n) is 4.93. The summed E-state index contributed by atoms with van der Waals surface area (Å²) in [6, 6.07) is 14.7. The molecule has 5 heteroatoms. The van der Waals surface area contributed by atoms with Crippen molar-refractivity contribution < 1.29 is 13.2 Å². The molecule has 0 aliphatic carbocycles. The van der Waals surface area contributed by atoms with Crippen molar-refractivity contribution in [2.45, 2.75) is 17.6 Å². The van der Waals surface area contributed by atoms with Crippen LogP contribution in [0.5, 0.6) is 0 Å². The Hall–Kier alpha value is -1.85. The van der Waals surface area contributed by atoms with Crippen LogP contribution in [0.3, 0.4) is 0 Å². The maximum Gasteiger partial charge on any atom is 0.404 e. The van der Waals surface area contributed by atoms with Crippen molar-refractivity contribution in [3.05, 3.63) is 71.8 Å². The average Bonchev–Trinajstić information content (AvgIpc) is 2.50. The lowest BCUT2D eigenvalue weighted by Crippen LogP contribution is -2.58. The average molecular weight is 294 g/mol. The molecule has 0 aliphatic rings. The van der Waals surface area contributed by atoms with Crippen molar-refractivity contribution in [2.24, 2.45) is 11.5 Å². The Kier molecular flexibility index (Phi) is 4.34. The Morgan fingerprint density at radius 3 is 1.48 bits per heavy atom. The van der Waals surface area contributed by atoms with Crippen LogP contribution < -0.4 is 11.5 Å². The van der Waals surface area contributed by atoms with Gasteiger partial charge in [-0.3, -0.25) is 0 Å². The van der Waals surface area contributed by atoms with Gasteiger partial charge in [-0.05, 0) is 11.1 Å². The minimum Gasteiger partial charge on any atom is -0.329 e. The fourth-order valence-electron chi connectivity index (χ4n) is 2.64. The van der Waals surface area contributed by atoms with Gasteiger partial charge in [-0.25, -0.2) is 0 Å². The van der Waals surface area contributed by atoms with Crippen molar-refractivity contribution in [1.29, 1.82) is 0 Å². The molecular formula is C16H17F3N2. The van der Waals surface area contributed by atoms with Crippen molar-refractivity contribution in [3.8, 4) is 0 Å². The smallest absolute Gasteiger partial charge is 0.329 e. The number of hydrogen-bond acceptors (Lipinski definition) is 2. The summed E-state index contributed by atoms with van der Waals surface area (Å²) in [7, 11) is 0. The molecule has 0 amide bonds. The third-order valence-corrected chi connectivity index (χ3v) is 3.78. The first kappa shape index (κ1) is 15.5. The van der Waals surface area contributed by atoms with Gasteiger partial charge in [0.2, 0.25) is 0 Å². The SMILES string of the molecule is NCC(c1ccccc1)(c1ccccc1)C(N)C(F)(F)F. The first-order chi connectivity index (χ1) is 9.93. The van der Waals surface area contributed by atoms with E-state index >= 15 is 0 Å². The van der Waals surface area contributed by atoms with Crippen LogP contribution in [-0.2, 0) is 5.41 Å². The summed E-state index contributed by atoms with van der Waals surface area (Å²) < 4.78 is 40.0. The monoisotopic (exact) mass is 294 g/mol. The second-order valence-corrected chi connectivity index (χ2v) is 4.93. The molecule has 4 N–H and O–H groups in total. The maximum atomic E-state index is 13.3. The van der Waals surface area contributed by atoms with E-state index in [4.69, 9.17) is 11.5 Å². The molecule has 1 unspecified atom stereocenters. The fourth-order valence-corrected chi connectivity index (χ4v) is 2.64. The van der Waals surface area contributed by atoms with Gasteiger partial charge in [0.25, 0.3) is 0 Å². The summed E-state index contributed by atoms with van der Waals surface area (Å²) in [5.41, 5.74) is 10.8. The number of alkyl halides is 3. The molecule has 112 valence electrons. The Morgan fingerprint density at radius 1 is 0.810 bits per heavy atom. The van der Waals surface area contributed by atoms with E-state index in [-0.39, 0.29) is 6.54 Å². The zero-order chi connectivity index (χ0) is 15.5. The first-order valence-corrected chi connectivity index (χ1v) is 6.56. The number of halogens is 3. The molecule has 0 aliphatic heterocycles. The Morgan fingerprint density at radius 2 is 1.19 bits per heavy atom. The molecule has 0 spiro atoms. The first-order valence-electron chi connectivity index (χ1n) is 6.56. The largest absolute Gasteiger partial charge is 0.404 e. The predicted molar refractivity (Wildman–Crippen MR) is 76.7 cm³/mol. The molecule has 0 radical (unpaired) electrons. The molecule has 0 bridgehead atoms. The van der Waals surface area contributed by atoms with E-state index in [1.165, 1.54) is 0 Å². The predicted octanol–water partition coefficient (Wildman–Crippen LogP) is 2.82. The quantitative estimate of drug-likeness (QED) is 0.911. The van der Waals surface area contributed by atoms with Crippen LogP contribution in [0.1, 0.15) is 11.1 Å². The molecule has 2 aromatic rings. The van der Waals surface area contributed by atoms with Gasteiger partial charge in [0.1, 0.15) is 6.04 Å². The molecule has 0 fully saturated rings. The van der Waals surface area contributed by atoms with Crippen LogP contribution >= 0.6 is 0 Å². The van der Waals surface area contributed by atoms with Crippen LogP contribution in [0.4, 0.5) is 13.2 Å². The zero-order valence-electron chi connectivity index (χ0n) is 11.3. The molecule has 21 heavy (non-hydrogen) atoms. The van der Waals surface area contributed by atoms with Crippen molar-refractivity contribution >= 4 is 0 Å². The summed E-state index contributed by atoms with van der Waals surface area (Å²) in [6.45, 7) is -0.234. The van der Waals surface area contributed by atoms with Crippen LogP contribution in [0.15, 0.2) is 60.7 Å². The molecule has 0 saturated heterocycles. The lowest BCUT2D eigenvalue weighted by Gasteiger charge is -2.40. The normalized spacial score (nSPS) is 14.0. The minimum atomic E-state index is -4.55. The lowest BCUT2D eigenvalue weighted by atomic mass is 9.69. The van der Waals surface area contributed by atoms with Gasteiger partial charge in [-0.2, -0.15) is 13.2 Å². The van der Waals surface area contributed by atoms with Gasteiger partial charge < -0.3 is 11.5 Å². The van der Waals surface area contributed by atoms with Crippen LogP contribution in [0.2, 0.25) is 0 Å². The molecule has 2 nitrogen and oxygen atoms in total. The Bertz CT molecular complexity index is 528. The standard InChI is InChI=1S/C16H17F3N2/c17-16(18,19)14(21)15(11-20,12-7-3-1-4-8-12)13-9-5-2-6-10-13/h1-10,14H,11,20-21H2. The molecule has 0 aromatic heterocycles. The highest BCUT2D eigenvalue weighted by molar-refractivity contribution is 5.42. The van der Waals surface area contributed by atoms with Gasteiger partial charge in [0.15, 0.2) is 0 Å². The molecule has 0 saturated carbocycles. The van der Waals surface area contributed by atoms with Crippen LogP contribution in [-0.4, -0.2) is 18.8 Å².